The van der Waals surface area contributed by atoms with Crippen LogP contribution in [0.5, 0.6) is 0 Å². The van der Waals surface area contributed by atoms with E-state index in [1.165, 1.54) is 24.2 Å². The van der Waals surface area contributed by atoms with Crippen molar-refractivity contribution in [3.63, 3.8) is 0 Å². The number of thiazole rings is 1. The number of aliphatic hydroxyl groups is 1. The Labute approximate surface area is 128 Å². The van der Waals surface area contributed by atoms with E-state index in [9.17, 15) is 0 Å². The number of piperidine rings is 1. The quantitative estimate of drug-likeness (QED) is 0.800. The van der Waals surface area contributed by atoms with Crippen LogP contribution in [0.4, 0.5) is 16.6 Å². The number of hydrogen-bond acceptors (Lipinski definition) is 7. The highest BCUT2D eigenvalue weighted by molar-refractivity contribution is 7.22. The maximum Gasteiger partial charge on any atom is 0.185 e. The fourth-order valence-corrected chi connectivity index (χ4v) is 3.63. The second-order valence-corrected chi connectivity index (χ2v) is 6.62. The molecule has 0 aromatic carbocycles. The molecule has 0 bridgehead atoms. The zero-order valence-corrected chi connectivity index (χ0v) is 13.0. The van der Waals surface area contributed by atoms with E-state index in [0.717, 1.165) is 34.4 Å². The van der Waals surface area contributed by atoms with Crippen molar-refractivity contribution in [1.29, 1.82) is 0 Å². The predicted octanol–water partition coefficient (Wildman–Crippen LogP) is 1.91. The molecular weight excluding hydrogens is 286 g/mol. The number of aromatic nitrogens is 2. The lowest BCUT2D eigenvalue weighted by Gasteiger charge is -2.32. The molecule has 1 atom stereocenters. The van der Waals surface area contributed by atoms with Crippen LogP contribution in [-0.2, 0) is 0 Å². The standard InChI is InChI=1S/C14H21N5OS/c1-9-3-2-5-19(8-9)13-10(15)7-11-12(17-13)18-14(21-11)16-4-6-20/h7,9,20H,2-6,8,15H2,1H3,(H,16,17,18). The van der Waals surface area contributed by atoms with Crippen LogP contribution in [0.2, 0.25) is 0 Å². The fourth-order valence-electron chi connectivity index (χ4n) is 2.74. The third kappa shape index (κ3) is 3.03. The van der Waals surface area contributed by atoms with Gasteiger partial charge in [0.25, 0.3) is 0 Å². The molecule has 1 aliphatic rings. The lowest BCUT2D eigenvalue weighted by molar-refractivity contribution is 0.311. The molecule has 1 unspecified atom stereocenters. The molecule has 21 heavy (non-hydrogen) atoms. The number of anilines is 3. The van der Waals surface area contributed by atoms with Gasteiger partial charge in [0.1, 0.15) is 0 Å². The Bertz CT molecular complexity index is 629. The molecule has 6 nitrogen and oxygen atoms in total. The molecular formula is C14H21N5OS. The summed E-state index contributed by atoms with van der Waals surface area (Å²) in [5.74, 6) is 1.53. The second-order valence-electron chi connectivity index (χ2n) is 5.59. The average molecular weight is 307 g/mol. The molecule has 3 rings (SSSR count). The number of rotatable bonds is 4. The van der Waals surface area contributed by atoms with Gasteiger partial charge in [-0.1, -0.05) is 18.3 Å². The highest BCUT2D eigenvalue weighted by atomic mass is 32.1. The molecule has 0 radical (unpaired) electrons. The number of nitrogens with two attached hydrogens (primary N) is 1. The Kier molecular flexibility index (Phi) is 4.12. The highest BCUT2D eigenvalue weighted by Gasteiger charge is 2.20. The number of nitrogens with one attached hydrogen (secondary N) is 1. The first-order valence-corrected chi connectivity index (χ1v) is 8.15. The Balaban J connectivity index is 1.90. The van der Waals surface area contributed by atoms with Gasteiger partial charge in [0.05, 0.1) is 17.0 Å². The summed E-state index contributed by atoms with van der Waals surface area (Å²) in [6.07, 6.45) is 2.45. The number of aliphatic hydroxyl groups excluding tert-OH is 1. The molecule has 4 N–H and O–H groups in total. The van der Waals surface area contributed by atoms with Gasteiger partial charge in [0, 0.05) is 19.6 Å². The fraction of sp³-hybridized carbons (Fsp3) is 0.571. The van der Waals surface area contributed by atoms with E-state index in [2.05, 4.69) is 27.1 Å². The Morgan fingerprint density at radius 3 is 3.14 bits per heavy atom. The van der Waals surface area contributed by atoms with Gasteiger partial charge in [-0.3, -0.25) is 0 Å². The van der Waals surface area contributed by atoms with E-state index in [0.29, 0.717) is 18.2 Å². The normalized spacial score (nSPS) is 19.1. The van der Waals surface area contributed by atoms with Crippen molar-refractivity contribution in [2.24, 2.45) is 5.92 Å². The van der Waals surface area contributed by atoms with Crippen LogP contribution >= 0.6 is 11.3 Å². The van der Waals surface area contributed by atoms with E-state index in [4.69, 9.17) is 10.8 Å². The number of nitrogen functional groups attached to an aromatic ring is 1. The Morgan fingerprint density at radius 1 is 1.52 bits per heavy atom. The third-order valence-corrected chi connectivity index (χ3v) is 4.68. The SMILES string of the molecule is CC1CCCN(c2nc3nc(NCCO)sc3cc2N)C1. The molecule has 1 saturated heterocycles. The van der Waals surface area contributed by atoms with Crippen LogP contribution in [0.1, 0.15) is 19.8 Å². The monoisotopic (exact) mass is 307 g/mol. The zero-order chi connectivity index (χ0) is 14.8. The molecule has 0 spiro atoms. The first-order chi connectivity index (χ1) is 10.2. The van der Waals surface area contributed by atoms with E-state index < -0.39 is 0 Å². The van der Waals surface area contributed by atoms with Gasteiger partial charge in [-0.25, -0.2) is 9.97 Å². The summed E-state index contributed by atoms with van der Waals surface area (Å²) in [6.45, 7) is 4.85. The minimum absolute atomic E-state index is 0.0857. The van der Waals surface area contributed by atoms with Gasteiger partial charge in [-0.15, -0.1) is 0 Å². The third-order valence-electron chi connectivity index (χ3n) is 3.74. The molecule has 114 valence electrons. The van der Waals surface area contributed by atoms with Gasteiger partial charge >= 0.3 is 0 Å². The number of pyridine rings is 1. The highest BCUT2D eigenvalue weighted by Crippen LogP contribution is 2.32. The lowest BCUT2D eigenvalue weighted by atomic mass is 10.0. The summed E-state index contributed by atoms with van der Waals surface area (Å²) in [5.41, 5.74) is 7.63. The largest absolute Gasteiger partial charge is 0.396 e. The van der Waals surface area contributed by atoms with Crippen LogP contribution in [0, 0.1) is 5.92 Å². The summed E-state index contributed by atoms with van der Waals surface area (Å²) in [7, 11) is 0. The first kappa shape index (κ1) is 14.3. The van der Waals surface area contributed by atoms with Crippen LogP contribution in [-0.4, -0.2) is 41.3 Å². The minimum atomic E-state index is 0.0857. The van der Waals surface area contributed by atoms with Crippen LogP contribution < -0.4 is 16.0 Å². The molecule has 7 heteroatoms. The smallest absolute Gasteiger partial charge is 0.185 e. The molecule has 0 aliphatic carbocycles. The summed E-state index contributed by atoms with van der Waals surface area (Å²) in [5, 5.41) is 12.7. The summed E-state index contributed by atoms with van der Waals surface area (Å²) in [4.78, 5) is 11.4. The molecule has 0 saturated carbocycles. The zero-order valence-electron chi connectivity index (χ0n) is 12.2. The van der Waals surface area contributed by atoms with Gasteiger partial charge in [-0.2, -0.15) is 0 Å². The molecule has 2 aromatic rings. The second kappa shape index (κ2) is 6.03. The van der Waals surface area contributed by atoms with Crippen molar-refractivity contribution >= 4 is 38.3 Å². The minimum Gasteiger partial charge on any atom is -0.396 e. The van der Waals surface area contributed by atoms with Crippen molar-refractivity contribution in [3.8, 4) is 0 Å². The molecule has 1 fully saturated rings. The van der Waals surface area contributed by atoms with Crippen molar-refractivity contribution in [2.45, 2.75) is 19.8 Å². The van der Waals surface area contributed by atoms with Gasteiger partial charge in [-0.05, 0) is 24.8 Å². The summed E-state index contributed by atoms with van der Waals surface area (Å²) < 4.78 is 0.974. The molecule has 0 amide bonds. The van der Waals surface area contributed by atoms with Crippen molar-refractivity contribution in [3.05, 3.63) is 6.07 Å². The predicted molar refractivity (Wildman–Crippen MR) is 88.0 cm³/mol. The van der Waals surface area contributed by atoms with Crippen LogP contribution in [0.25, 0.3) is 10.3 Å². The first-order valence-electron chi connectivity index (χ1n) is 7.34. The van der Waals surface area contributed by atoms with Gasteiger partial charge in [0.15, 0.2) is 16.6 Å². The lowest BCUT2D eigenvalue weighted by Crippen LogP contribution is -2.35. The van der Waals surface area contributed by atoms with Crippen molar-refractivity contribution < 1.29 is 5.11 Å². The maximum atomic E-state index is 8.86. The molecule has 1 aliphatic heterocycles. The molecule has 2 aromatic heterocycles. The maximum absolute atomic E-state index is 8.86. The number of hydrogen-bond donors (Lipinski definition) is 3. The van der Waals surface area contributed by atoms with E-state index in [1.807, 2.05) is 6.07 Å². The van der Waals surface area contributed by atoms with Crippen LogP contribution in [0.15, 0.2) is 6.07 Å². The average Bonchev–Trinajstić information content (AvgIpc) is 2.85. The number of nitrogens with zero attached hydrogens (tertiary/aromatic N) is 3. The molecule has 3 heterocycles. The topological polar surface area (TPSA) is 87.3 Å². The van der Waals surface area contributed by atoms with Crippen LogP contribution in [0.3, 0.4) is 0 Å². The van der Waals surface area contributed by atoms with E-state index in [1.54, 1.807) is 0 Å². The summed E-state index contributed by atoms with van der Waals surface area (Å²) in [6, 6.07) is 1.96. The Morgan fingerprint density at radius 2 is 2.38 bits per heavy atom. The van der Waals surface area contributed by atoms with E-state index >= 15 is 0 Å². The Hall–Kier alpha value is -1.60. The summed E-state index contributed by atoms with van der Waals surface area (Å²) >= 11 is 1.51. The van der Waals surface area contributed by atoms with Gasteiger partial charge in [0.2, 0.25) is 0 Å². The van der Waals surface area contributed by atoms with E-state index in [-0.39, 0.29) is 6.61 Å². The van der Waals surface area contributed by atoms with Crippen molar-refractivity contribution in [1.82, 2.24) is 9.97 Å². The van der Waals surface area contributed by atoms with Gasteiger partial charge < -0.3 is 21.1 Å². The number of fused-ring (bicyclic) bond motifs is 1. The van der Waals surface area contributed by atoms with Crippen molar-refractivity contribution in [2.75, 3.05) is 42.2 Å².